The minimum Gasteiger partial charge on any atom is -0.478 e. The summed E-state index contributed by atoms with van der Waals surface area (Å²) in [6.45, 7) is 1.40. The summed E-state index contributed by atoms with van der Waals surface area (Å²) in [7, 11) is 0. The molecule has 0 spiro atoms. The number of imidazole rings is 1. The number of hydrogen-bond donors (Lipinski definition) is 1. The maximum Gasteiger partial charge on any atom is 0.337 e. The van der Waals surface area contributed by atoms with Crippen molar-refractivity contribution in [3.63, 3.8) is 0 Å². The summed E-state index contributed by atoms with van der Waals surface area (Å²) in [6, 6.07) is 1.58. The summed E-state index contributed by atoms with van der Waals surface area (Å²) in [4.78, 5) is 19.4. The SMILES string of the molecule is O=C(O)c1cnc2nc(CCl)n(C[C@@H]3CCO3)c2c1. The molecule has 19 heavy (non-hydrogen) atoms. The second-order valence-electron chi connectivity index (χ2n) is 4.43. The smallest absolute Gasteiger partial charge is 0.337 e. The molecule has 0 bridgehead atoms. The Hall–Kier alpha value is -1.66. The van der Waals surface area contributed by atoms with Gasteiger partial charge in [0, 0.05) is 12.8 Å². The van der Waals surface area contributed by atoms with Gasteiger partial charge in [0.15, 0.2) is 5.65 Å². The van der Waals surface area contributed by atoms with Crippen LogP contribution in [0.4, 0.5) is 0 Å². The van der Waals surface area contributed by atoms with E-state index < -0.39 is 5.97 Å². The molecule has 1 fully saturated rings. The number of pyridine rings is 1. The molecule has 100 valence electrons. The number of hydrogen-bond acceptors (Lipinski definition) is 4. The van der Waals surface area contributed by atoms with Crippen LogP contribution in [0, 0.1) is 0 Å². The predicted octanol–water partition coefficient (Wildman–Crippen LogP) is 1.66. The molecular weight excluding hydrogens is 270 g/mol. The van der Waals surface area contributed by atoms with Gasteiger partial charge in [-0.2, -0.15) is 0 Å². The van der Waals surface area contributed by atoms with Gasteiger partial charge >= 0.3 is 5.97 Å². The van der Waals surface area contributed by atoms with Crippen molar-refractivity contribution in [2.24, 2.45) is 0 Å². The highest BCUT2D eigenvalue weighted by Crippen LogP contribution is 2.21. The number of nitrogens with zero attached hydrogens (tertiary/aromatic N) is 3. The Balaban J connectivity index is 2.08. The van der Waals surface area contributed by atoms with Crippen molar-refractivity contribution in [2.75, 3.05) is 6.61 Å². The standard InChI is InChI=1S/C12H12ClN3O3/c13-4-10-15-11-9(3-7(5-14-11)12(17)18)16(10)6-8-1-2-19-8/h3,5,8H,1-2,4,6H2,(H,17,18)/t8-/m0/s1. The Morgan fingerprint density at radius 3 is 3.00 bits per heavy atom. The first-order valence-electron chi connectivity index (χ1n) is 5.95. The number of halogens is 1. The van der Waals surface area contributed by atoms with Crippen LogP contribution in [0.3, 0.4) is 0 Å². The molecule has 0 aromatic carbocycles. The molecule has 0 radical (unpaired) electrons. The van der Waals surface area contributed by atoms with E-state index in [9.17, 15) is 4.79 Å². The first-order chi connectivity index (χ1) is 9.19. The van der Waals surface area contributed by atoms with Crippen LogP contribution >= 0.6 is 11.6 Å². The third-order valence-electron chi connectivity index (χ3n) is 3.23. The van der Waals surface area contributed by atoms with Crippen LogP contribution in [0.2, 0.25) is 0 Å². The minimum absolute atomic E-state index is 0.143. The van der Waals surface area contributed by atoms with Gasteiger partial charge in [0.05, 0.1) is 29.6 Å². The average Bonchev–Trinajstić information content (AvgIpc) is 2.70. The molecule has 0 aliphatic carbocycles. The van der Waals surface area contributed by atoms with E-state index in [1.807, 2.05) is 4.57 Å². The first kappa shape index (κ1) is 12.4. The molecule has 1 saturated heterocycles. The van der Waals surface area contributed by atoms with Crippen LogP contribution in [-0.2, 0) is 17.2 Å². The second-order valence-corrected chi connectivity index (χ2v) is 4.69. The average molecular weight is 282 g/mol. The Kier molecular flexibility index (Phi) is 3.12. The molecule has 2 aromatic heterocycles. The Morgan fingerprint density at radius 2 is 2.42 bits per heavy atom. The van der Waals surface area contributed by atoms with Gasteiger partial charge in [-0.3, -0.25) is 0 Å². The van der Waals surface area contributed by atoms with E-state index in [2.05, 4.69) is 9.97 Å². The van der Waals surface area contributed by atoms with E-state index in [1.54, 1.807) is 6.07 Å². The zero-order chi connectivity index (χ0) is 13.4. The summed E-state index contributed by atoms with van der Waals surface area (Å²) in [6.07, 6.45) is 2.45. The summed E-state index contributed by atoms with van der Waals surface area (Å²) < 4.78 is 7.30. The van der Waals surface area contributed by atoms with Crippen molar-refractivity contribution >= 4 is 28.7 Å². The van der Waals surface area contributed by atoms with Crippen molar-refractivity contribution in [1.29, 1.82) is 0 Å². The van der Waals surface area contributed by atoms with Crippen molar-refractivity contribution in [3.05, 3.63) is 23.7 Å². The van der Waals surface area contributed by atoms with Crippen LogP contribution in [0.1, 0.15) is 22.6 Å². The quantitative estimate of drug-likeness (QED) is 0.863. The molecule has 1 aliphatic rings. The highest BCUT2D eigenvalue weighted by Gasteiger charge is 2.22. The lowest BCUT2D eigenvalue weighted by Crippen LogP contribution is -2.31. The van der Waals surface area contributed by atoms with Gasteiger partial charge in [-0.15, -0.1) is 11.6 Å². The molecule has 0 unspecified atom stereocenters. The molecule has 6 nitrogen and oxygen atoms in total. The van der Waals surface area contributed by atoms with Crippen LogP contribution in [-0.4, -0.2) is 38.3 Å². The molecule has 3 heterocycles. The zero-order valence-electron chi connectivity index (χ0n) is 10.0. The lowest BCUT2D eigenvalue weighted by atomic mass is 10.2. The van der Waals surface area contributed by atoms with Crippen LogP contribution in [0.5, 0.6) is 0 Å². The number of alkyl halides is 1. The van der Waals surface area contributed by atoms with E-state index in [0.717, 1.165) is 13.0 Å². The van der Waals surface area contributed by atoms with Gasteiger partial charge < -0.3 is 14.4 Å². The monoisotopic (exact) mass is 281 g/mol. The third-order valence-corrected chi connectivity index (χ3v) is 3.47. The van der Waals surface area contributed by atoms with Gasteiger partial charge in [-0.1, -0.05) is 0 Å². The maximum atomic E-state index is 11.0. The molecular formula is C12H12ClN3O3. The number of fused-ring (bicyclic) bond motifs is 1. The number of carboxylic acids is 1. The zero-order valence-corrected chi connectivity index (χ0v) is 10.8. The van der Waals surface area contributed by atoms with Crippen LogP contribution in [0.15, 0.2) is 12.3 Å². The molecule has 7 heteroatoms. The lowest BCUT2D eigenvalue weighted by Gasteiger charge is -2.27. The van der Waals surface area contributed by atoms with Crippen molar-refractivity contribution in [3.8, 4) is 0 Å². The normalized spacial score (nSPS) is 18.5. The first-order valence-corrected chi connectivity index (χ1v) is 6.48. The molecule has 0 amide bonds. The van der Waals surface area contributed by atoms with E-state index in [-0.39, 0.29) is 17.5 Å². The fourth-order valence-electron chi connectivity index (χ4n) is 2.11. The van der Waals surface area contributed by atoms with Gasteiger partial charge in [0.25, 0.3) is 0 Å². The van der Waals surface area contributed by atoms with Crippen LogP contribution < -0.4 is 0 Å². The number of rotatable bonds is 4. The Labute approximate surface area is 114 Å². The number of aromatic nitrogens is 3. The second kappa shape index (κ2) is 4.79. The van der Waals surface area contributed by atoms with Crippen LogP contribution in [0.25, 0.3) is 11.2 Å². The third kappa shape index (κ3) is 2.17. The molecule has 1 aliphatic heterocycles. The molecule has 1 N–H and O–H groups in total. The minimum atomic E-state index is -1.01. The fraction of sp³-hybridized carbons (Fsp3) is 0.417. The van der Waals surface area contributed by atoms with Gasteiger partial charge in [0.2, 0.25) is 0 Å². The van der Waals surface area contributed by atoms with Crippen molar-refractivity contribution in [2.45, 2.75) is 24.9 Å². The molecule has 0 saturated carbocycles. The highest BCUT2D eigenvalue weighted by molar-refractivity contribution is 6.16. The fourth-order valence-corrected chi connectivity index (χ4v) is 2.31. The van der Waals surface area contributed by atoms with Gasteiger partial charge in [-0.25, -0.2) is 14.8 Å². The van der Waals surface area contributed by atoms with E-state index in [4.69, 9.17) is 21.4 Å². The number of ether oxygens (including phenoxy) is 1. The topological polar surface area (TPSA) is 77.2 Å². The number of carbonyl (C=O) groups is 1. The van der Waals surface area contributed by atoms with Gasteiger partial charge in [-0.05, 0) is 12.5 Å². The van der Waals surface area contributed by atoms with Crippen molar-refractivity contribution in [1.82, 2.24) is 14.5 Å². The highest BCUT2D eigenvalue weighted by atomic mass is 35.5. The predicted molar refractivity (Wildman–Crippen MR) is 68.4 cm³/mol. The van der Waals surface area contributed by atoms with E-state index in [1.165, 1.54) is 6.20 Å². The lowest BCUT2D eigenvalue weighted by molar-refractivity contribution is -0.0589. The summed E-state index contributed by atoms with van der Waals surface area (Å²) in [5.74, 6) is -0.0671. The van der Waals surface area contributed by atoms with E-state index in [0.29, 0.717) is 23.5 Å². The molecule has 2 aromatic rings. The van der Waals surface area contributed by atoms with Gasteiger partial charge in [0.1, 0.15) is 5.82 Å². The summed E-state index contributed by atoms with van der Waals surface area (Å²) in [5.41, 5.74) is 1.34. The largest absolute Gasteiger partial charge is 0.478 e. The Bertz CT molecular complexity index is 636. The number of carboxylic acid groups (broad SMARTS) is 1. The number of aromatic carboxylic acids is 1. The van der Waals surface area contributed by atoms with E-state index >= 15 is 0 Å². The summed E-state index contributed by atoms with van der Waals surface area (Å²) >= 11 is 5.88. The summed E-state index contributed by atoms with van der Waals surface area (Å²) in [5, 5.41) is 9.02. The maximum absolute atomic E-state index is 11.0. The molecule has 3 rings (SSSR count). The molecule has 1 atom stereocenters. The Morgan fingerprint density at radius 1 is 1.63 bits per heavy atom. The van der Waals surface area contributed by atoms with Crippen molar-refractivity contribution < 1.29 is 14.6 Å².